The van der Waals surface area contributed by atoms with Crippen molar-refractivity contribution in [1.29, 1.82) is 0 Å². The summed E-state index contributed by atoms with van der Waals surface area (Å²) in [5.41, 5.74) is 5.53. The van der Waals surface area contributed by atoms with Crippen molar-refractivity contribution in [2.45, 2.75) is 0 Å². The van der Waals surface area contributed by atoms with E-state index in [4.69, 9.17) is 28.6 Å². The molecular formula is C22H18ClN3O3S. The first-order valence-corrected chi connectivity index (χ1v) is 9.74. The molecule has 0 unspecified atom stereocenters. The minimum atomic E-state index is -0.464. The zero-order chi connectivity index (χ0) is 21.3. The van der Waals surface area contributed by atoms with E-state index >= 15 is 0 Å². The van der Waals surface area contributed by atoms with Gasteiger partial charge in [-0.05, 0) is 41.4 Å². The minimum Gasteiger partial charge on any atom is -0.483 e. The van der Waals surface area contributed by atoms with E-state index in [0.29, 0.717) is 16.3 Å². The first-order valence-electron chi connectivity index (χ1n) is 8.96. The molecule has 0 bridgehead atoms. The standard InChI is InChI=1S/C22H18ClN3O3S/c23-18-10-4-2-7-16(18)12-13-20(27)24-22(30)26-25-21(28)14-29-19-11-5-8-15-6-1-3-9-17(15)19/h1-13H,14H2,(H,25,28)(H2,24,26,27,30)/b13-12+. The normalized spacial score (nSPS) is 10.6. The molecule has 0 aliphatic rings. The number of halogens is 1. The SMILES string of the molecule is O=C(/C=C/c1ccccc1Cl)NC(=S)NNC(=O)COc1cccc2ccccc12. The highest BCUT2D eigenvalue weighted by Gasteiger charge is 2.07. The molecule has 30 heavy (non-hydrogen) atoms. The molecule has 0 aromatic heterocycles. The number of carbonyl (C=O) groups excluding carboxylic acids is 2. The van der Waals surface area contributed by atoms with Crippen LogP contribution in [0.25, 0.3) is 16.8 Å². The summed E-state index contributed by atoms with van der Waals surface area (Å²) in [6.07, 6.45) is 2.86. The fourth-order valence-corrected chi connectivity index (χ4v) is 2.94. The molecule has 2 amide bonds. The second kappa shape index (κ2) is 10.4. The van der Waals surface area contributed by atoms with Gasteiger partial charge in [0.15, 0.2) is 11.7 Å². The number of hydrazine groups is 1. The molecule has 0 heterocycles. The average Bonchev–Trinajstić information content (AvgIpc) is 2.75. The Labute approximate surface area is 183 Å². The Morgan fingerprint density at radius 1 is 0.967 bits per heavy atom. The van der Waals surface area contributed by atoms with E-state index in [1.54, 1.807) is 30.3 Å². The van der Waals surface area contributed by atoms with Gasteiger partial charge in [-0.1, -0.05) is 66.2 Å². The van der Waals surface area contributed by atoms with Gasteiger partial charge in [-0.2, -0.15) is 0 Å². The van der Waals surface area contributed by atoms with Crippen molar-refractivity contribution < 1.29 is 14.3 Å². The Bertz CT molecular complexity index is 1110. The van der Waals surface area contributed by atoms with E-state index < -0.39 is 11.8 Å². The lowest BCUT2D eigenvalue weighted by atomic mass is 10.1. The molecule has 3 rings (SSSR count). The molecule has 0 aliphatic carbocycles. The quantitative estimate of drug-likeness (QED) is 0.321. The van der Waals surface area contributed by atoms with Crippen LogP contribution >= 0.6 is 23.8 Å². The zero-order valence-corrected chi connectivity index (χ0v) is 17.3. The van der Waals surface area contributed by atoms with Gasteiger partial charge in [-0.25, -0.2) is 0 Å². The van der Waals surface area contributed by atoms with Crippen molar-refractivity contribution in [2.24, 2.45) is 0 Å². The monoisotopic (exact) mass is 439 g/mol. The van der Waals surface area contributed by atoms with Crippen LogP contribution in [0.1, 0.15) is 5.56 Å². The van der Waals surface area contributed by atoms with Crippen LogP contribution in [-0.4, -0.2) is 23.5 Å². The number of fused-ring (bicyclic) bond motifs is 1. The molecule has 3 N–H and O–H groups in total. The highest BCUT2D eigenvalue weighted by atomic mass is 35.5. The number of ether oxygens (including phenoxy) is 1. The van der Waals surface area contributed by atoms with Crippen LogP contribution < -0.4 is 20.9 Å². The summed E-state index contributed by atoms with van der Waals surface area (Å²) in [7, 11) is 0. The number of benzene rings is 3. The number of nitrogens with one attached hydrogen (secondary N) is 3. The van der Waals surface area contributed by atoms with Gasteiger partial charge in [0.1, 0.15) is 5.75 Å². The van der Waals surface area contributed by atoms with Crippen molar-refractivity contribution in [3.05, 3.63) is 83.4 Å². The molecule has 8 heteroatoms. The van der Waals surface area contributed by atoms with Gasteiger partial charge in [-0.15, -0.1) is 0 Å². The van der Waals surface area contributed by atoms with Crippen LogP contribution in [0.4, 0.5) is 0 Å². The van der Waals surface area contributed by atoms with E-state index in [9.17, 15) is 9.59 Å². The number of amides is 2. The van der Waals surface area contributed by atoms with Crippen LogP contribution in [-0.2, 0) is 9.59 Å². The molecule has 0 saturated carbocycles. The number of carbonyl (C=O) groups is 2. The number of rotatable bonds is 5. The molecule has 3 aromatic carbocycles. The van der Waals surface area contributed by atoms with Crippen molar-refractivity contribution in [3.63, 3.8) is 0 Å². The smallest absolute Gasteiger partial charge is 0.276 e. The maximum absolute atomic E-state index is 12.0. The average molecular weight is 440 g/mol. The number of thiocarbonyl (C=S) groups is 1. The summed E-state index contributed by atoms with van der Waals surface area (Å²) >= 11 is 11.0. The van der Waals surface area contributed by atoms with Crippen LogP contribution in [0.5, 0.6) is 5.75 Å². The molecule has 0 fully saturated rings. The summed E-state index contributed by atoms with van der Waals surface area (Å²) in [6.45, 7) is -0.218. The predicted molar refractivity (Wildman–Crippen MR) is 122 cm³/mol. The van der Waals surface area contributed by atoms with Crippen molar-refractivity contribution in [1.82, 2.24) is 16.2 Å². The Morgan fingerprint density at radius 2 is 1.70 bits per heavy atom. The van der Waals surface area contributed by atoms with Gasteiger partial charge >= 0.3 is 0 Å². The molecular weight excluding hydrogens is 422 g/mol. The van der Waals surface area contributed by atoms with Gasteiger partial charge in [0, 0.05) is 16.5 Å². The summed E-state index contributed by atoms with van der Waals surface area (Å²) in [5.74, 6) is -0.316. The van der Waals surface area contributed by atoms with E-state index in [1.807, 2.05) is 42.5 Å². The Morgan fingerprint density at radius 3 is 2.53 bits per heavy atom. The molecule has 0 radical (unpaired) electrons. The van der Waals surface area contributed by atoms with E-state index in [0.717, 1.165) is 10.8 Å². The Hall–Kier alpha value is -3.42. The summed E-state index contributed by atoms with van der Waals surface area (Å²) in [5, 5.41) is 4.82. The third-order valence-corrected chi connectivity index (χ3v) is 4.53. The summed E-state index contributed by atoms with van der Waals surface area (Å²) in [4.78, 5) is 23.9. The highest BCUT2D eigenvalue weighted by molar-refractivity contribution is 7.80. The largest absolute Gasteiger partial charge is 0.483 e. The first kappa shape index (κ1) is 21.3. The Balaban J connectivity index is 1.43. The van der Waals surface area contributed by atoms with E-state index in [2.05, 4.69) is 16.2 Å². The van der Waals surface area contributed by atoms with Gasteiger partial charge < -0.3 is 4.74 Å². The number of hydrogen-bond acceptors (Lipinski definition) is 4. The molecule has 3 aromatic rings. The van der Waals surface area contributed by atoms with Crippen molar-refractivity contribution in [2.75, 3.05) is 6.61 Å². The molecule has 0 saturated heterocycles. The number of hydrogen-bond donors (Lipinski definition) is 3. The van der Waals surface area contributed by atoms with Crippen molar-refractivity contribution >= 4 is 57.6 Å². The Kier molecular flexibility index (Phi) is 7.37. The molecule has 0 aliphatic heterocycles. The fraction of sp³-hybridized carbons (Fsp3) is 0.0455. The zero-order valence-electron chi connectivity index (χ0n) is 15.7. The second-order valence-corrected chi connectivity index (χ2v) is 6.93. The highest BCUT2D eigenvalue weighted by Crippen LogP contribution is 2.24. The lowest BCUT2D eigenvalue weighted by Gasteiger charge is -2.11. The summed E-state index contributed by atoms with van der Waals surface area (Å²) < 4.78 is 5.59. The molecule has 0 spiro atoms. The van der Waals surface area contributed by atoms with Crippen molar-refractivity contribution in [3.8, 4) is 5.75 Å². The predicted octanol–water partition coefficient (Wildman–Crippen LogP) is 3.61. The van der Waals surface area contributed by atoms with Gasteiger partial charge in [0.25, 0.3) is 5.91 Å². The minimum absolute atomic E-state index is 0.0534. The van der Waals surface area contributed by atoms with Crippen LogP contribution in [0.2, 0.25) is 5.02 Å². The fourth-order valence-electron chi connectivity index (χ4n) is 2.59. The molecule has 0 atom stereocenters. The topological polar surface area (TPSA) is 79.5 Å². The van der Waals surface area contributed by atoms with Crippen LogP contribution in [0.15, 0.2) is 72.8 Å². The summed E-state index contributed by atoms with van der Waals surface area (Å²) in [6, 6.07) is 20.4. The van der Waals surface area contributed by atoms with E-state index in [1.165, 1.54) is 6.08 Å². The van der Waals surface area contributed by atoms with Crippen LogP contribution in [0, 0.1) is 0 Å². The van der Waals surface area contributed by atoms with E-state index in [-0.39, 0.29) is 11.7 Å². The van der Waals surface area contributed by atoms with Crippen LogP contribution in [0.3, 0.4) is 0 Å². The molecule has 152 valence electrons. The second-order valence-electron chi connectivity index (χ2n) is 6.11. The third kappa shape index (κ3) is 6.04. The van der Waals surface area contributed by atoms with Gasteiger partial charge in [0.05, 0.1) is 0 Å². The maximum Gasteiger partial charge on any atom is 0.276 e. The lowest BCUT2D eigenvalue weighted by Crippen LogP contribution is -2.49. The first-order chi connectivity index (χ1) is 14.5. The molecule has 6 nitrogen and oxygen atoms in total. The third-order valence-electron chi connectivity index (χ3n) is 3.98. The maximum atomic E-state index is 12.0. The van der Waals surface area contributed by atoms with Gasteiger partial charge in [-0.3, -0.25) is 25.8 Å². The van der Waals surface area contributed by atoms with Gasteiger partial charge in [0.2, 0.25) is 5.91 Å². The lowest BCUT2D eigenvalue weighted by molar-refractivity contribution is -0.123.